The Balaban J connectivity index is 1.92. The van der Waals surface area contributed by atoms with E-state index in [4.69, 9.17) is 22.1 Å². The van der Waals surface area contributed by atoms with Crippen molar-refractivity contribution in [2.75, 3.05) is 6.61 Å². The standard InChI is InChI=1S/C14H14ClNO/c15-12-6-8-13(9-7-12)17-10-14(16)11-4-2-1-3-5-11/h1-9,14H,10,16H2/t14-/m0/s1. The van der Waals surface area contributed by atoms with Crippen LogP contribution in [0.3, 0.4) is 0 Å². The van der Waals surface area contributed by atoms with E-state index < -0.39 is 0 Å². The first kappa shape index (κ1) is 12.0. The van der Waals surface area contributed by atoms with Crippen LogP contribution in [0.15, 0.2) is 54.6 Å². The molecular formula is C14H14ClNO. The molecule has 0 heterocycles. The minimum absolute atomic E-state index is 0.119. The van der Waals surface area contributed by atoms with Crippen LogP contribution in [-0.2, 0) is 0 Å². The van der Waals surface area contributed by atoms with Crippen LogP contribution in [0.4, 0.5) is 0 Å². The van der Waals surface area contributed by atoms with E-state index in [0.29, 0.717) is 11.6 Å². The molecule has 2 aromatic carbocycles. The third-order valence-electron chi connectivity index (χ3n) is 2.47. The summed E-state index contributed by atoms with van der Waals surface area (Å²) in [6.45, 7) is 0.450. The van der Waals surface area contributed by atoms with Gasteiger partial charge in [0.1, 0.15) is 12.4 Å². The second-order valence-corrected chi connectivity index (χ2v) is 4.22. The van der Waals surface area contributed by atoms with Crippen molar-refractivity contribution in [1.29, 1.82) is 0 Å². The summed E-state index contributed by atoms with van der Waals surface area (Å²) in [6, 6.07) is 17.0. The van der Waals surface area contributed by atoms with Gasteiger partial charge in [-0.3, -0.25) is 0 Å². The molecule has 2 rings (SSSR count). The maximum absolute atomic E-state index is 6.02. The predicted octanol–water partition coefficient (Wildman–Crippen LogP) is 3.42. The van der Waals surface area contributed by atoms with E-state index in [1.54, 1.807) is 12.1 Å². The van der Waals surface area contributed by atoms with Gasteiger partial charge in [0.2, 0.25) is 0 Å². The van der Waals surface area contributed by atoms with E-state index in [2.05, 4.69) is 0 Å². The van der Waals surface area contributed by atoms with Crippen molar-refractivity contribution in [3.8, 4) is 5.75 Å². The predicted molar refractivity (Wildman–Crippen MR) is 70.3 cm³/mol. The van der Waals surface area contributed by atoms with Crippen LogP contribution in [0, 0.1) is 0 Å². The topological polar surface area (TPSA) is 35.2 Å². The summed E-state index contributed by atoms with van der Waals surface area (Å²) in [5, 5.41) is 0.699. The Morgan fingerprint density at radius 3 is 2.29 bits per heavy atom. The van der Waals surface area contributed by atoms with Gasteiger partial charge in [-0.1, -0.05) is 41.9 Å². The van der Waals surface area contributed by atoms with Crippen LogP contribution >= 0.6 is 11.6 Å². The molecule has 0 spiro atoms. The molecule has 2 aromatic rings. The van der Waals surface area contributed by atoms with Crippen LogP contribution in [0.1, 0.15) is 11.6 Å². The van der Waals surface area contributed by atoms with Gasteiger partial charge in [0, 0.05) is 5.02 Å². The molecule has 0 unspecified atom stereocenters. The summed E-state index contributed by atoms with van der Waals surface area (Å²) in [5.74, 6) is 0.779. The second kappa shape index (κ2) is 5.71. The van der Waals surface area contributed by atoms with E-state index >= 15 is 0 Å². The first-order valence-corrected chi connectivity index (χ1v) is 5.82. The molecule has 0 saturated carbocycles. The lowest BCUT2D eigenvalue weighted by atomic mass is 10.1. The van der Waals surface area contributed by atoms with Crippen LogP contribution in [0.25, 0.3) is 0 Å². The smallest absolute Gasteiger partial charge is 0.119 e. The summed E-state index contributed by atoms with van der Waals surface area (Å²) < 4.78 is 5.59. The Morgan fingerprint density at radius 1 is 1.00 bits per heavy atom. The zero-order valence-electron chi connectivity index (χ0n) is 9.34. The molecule has 0 aromatic heterocycles. The molecule has 3 heteroatoms. The number of ether oxygens (including phenoxy) is 1. The van der Waals surface area contributed by atoms with Gasteiger partial charge in [0.15, 0.2) is 0 Å². The fourth-order valence-corrected chi connectivity index (χ4v) is 1.64. The molecule has 0 bridgehead atoms. The maximum atomic E-state index is 6.02. The Labute approximate surface area is 106 Å². The fraction of sp³-hybridized carbons (Fsp3) is 0.143. The van der Waals surface area contributed by atoms with Gasteiger partial charge in [-0.25, -0.2) is 0 Å². The van der Waals surface area contributed by atoms with Crippen molar-refractivity contribution in [1.82, 2.24) is 0 Å². The molecule has 0 aliphatic heterocycles. The highest BCUT2D eigenvalue weighted by molar-refractivity contribution is 6.30. The first-order valence-electron chi connectivity index (χ1n) is 5.44. The molecule has 88 valence electrons. The van der Waals surface area contributed by atoms with Crippen molar-refractivity contribution in [3.05, 3.63) is 65.2 Å². The summed E-state index contributed by atoms with van der Waals surface area (Å²) in [4.78, 5) is 0. The van der Waals surface area contributed by atoms with Gasteiger partial charge in [-0.2, -0.15) is 0 Å². The van der Waals surface area contributed by atoms with Gasteiger partial charge < -0.3 is 10.5 Å². The molecule has 1 atom stereocenters. The average Bonchev–Trinajstić information content (AvgIpc) is 2.39. The van der Waals surface area contributed by atoms with Gasteiger partial charge in [-0.05, 0) is 29.8 Å². The zero-order valence-corrected chi connectivity index (χ0v) is 10.1. The highest BCUT2D eigenvalue weighted by Gasteiger charge is 2.05. The Hall–Kier alpha value is -1.51. The summed E-state index contributed by atoms with van der Waals surface area (Å²) >= 11 is 5.79. The SMILES string of the molecule is N[C@@H](COc1ccc(Cl)cc1)c1ccccc1. The Kier molecular flexibility index (Phi) is 4.02. The number of benzene rings is 2. The largest absolute Gasteiger partial charge is 0.492 e. The van der Waals surface area contributed by atoms with Crippen molar-refractivity contribution in [3.63, 3.8) is 0 Å². The number of hydrogen-bond acceptors (Lipinski definition) is 2. The number of rotatable bonds is 4. The first-order chi connectivity index (χ1) is 8.25. The van der Waals surface area contributed by atoms with Gasteiger partial charge in [0.25, 0.3) is 0 Å². The molecule has 0 saturated heterocycles. The summed E-state index contributed by atoms with van der Waals surface area (Å²) in [5.41, 5.74) is 7.09. The second-order valence-electron chi connectivity index (χ2n) is 3.78. The molecule has 0 aliphatic rings. The van der Waals surface area contributed by atoms with Gasteiger partial charge >= 0.3 is 0 Å². The quantitative estimate of drug-likeness (QED) is 0.899. The van der Waals surface area contributed by atoms with Gasteiger partial charge in [0.05, 0.1) is 6.04 Å². The highest BCUT2D eigenvalue weighted by atomic mass is 35.5. The summed E-state index contributed by atoms with van der Waals surface area (Å²) in [7, 11) is 0. The number of nitrogens with two attached hydrogens (primary N) is 1. The average molecular weight is 248 g/mol. The van der Waals surface area contributed by atoms with E-state index in [0.717, 1.165) is 11.3 Å². The lowest BCUT2D eigenvalue weighted by molar-refractivity contribution is 0.290. The Bertz CT molecular complexity index is 455. The lowest BCUT2D eigenvalue weighted by Gasteiger charge is -2.13. The monoisotopic (exact) mass is 247 g/mol. The minimum atomic E-state index is -0.119. The third-order valence-corrected chi connectivity index (χ3v) is 2.72. The van der Waals surface area contributed by atoms with Crippen molar-refractivity contribution in [2.24, 2.45) is 5.73 Å². The van der Waals surface area contributed by atoms with Gasteiger partial charge in [-0.15, -0.1) is 0 Å². The molecule has 0 radical (unpaired) electrons. The molecule has 0 aliphatic carbocycles. The van der Waals surface area contributed by atoms with Crippen LogP contribution in [0.2, 0.25) is 5.02 Å². The van der Waals surface area contributed by atoms with Crippen LogP contribution in [-0.4, -0.2) is 6.61 Å². The molecule has 2 nitrogen and oxygen atoms in total. The molecule has 17 heavy (non-hydrogen) atoms. The minimum Gasteiger partial charge on any atom is -0.492 e. The van der Waals surface area contributed by atoms with Crippen molar-refractivity contribution in [2.45, 2.75) is 6.04 Å². The van der Waals surface area contributed by atoms with Crippen molar-refractivity contribution < 1.29 is 4.74 Å². The Morgan fingerprint density at radius 2 is 1.65 bits per heavy atom. The van der Waals surface area contributed by atoms with E-state index in [1.807, 2.05) is 42.5 Å². The third kappa shape index (κ3) is 3.48. The summed E-state index contributed by atoms with van der Waals surface area (Å²) in [6.07, 6.45) is 0. The van der Waals surface area contributed by atoms with E-state index in [9.17, 15) is 0 Å². The molecule has 0 amide bonds. The van der Waals surface area contributed by atoms with Crippen LogP contribution in [0.5, 0.6) is 5.75 Å². The lowest BCUT2D eigenvalue weighted by Crippen LogP contribution is -2.18. The number of halogens is 1. The maximum Gasteiger partial charge on any atom is 0.119 e. The van der Waals surface area contributed by atoms with E-state index in [1.165, 1.54) is 0 Å². The molecule has 0 fully saturated rings. The zero-order chi connectivity index (χ0) is 12.1. The van der Waals surface area contributed by atoms with Crippen LogP contribution < -0.4 is 10.5 Å². The molecule has 2 N–H and O–H groups in total. The number of hydrogen-bond donors (Lipinski definition) is 1. The normalized spacial score (nSPS) is 12.1. The fourth-order valence-electron chi connectivity index (χ4n) is 1.51. The van der Waals surface area contributed by atoms with E-state index in [-0.39, 0.29) is 6.04 Å². The molecular weight excluding hydrogens is 234 g/mol. The van der Waals surface area contributed by atoms with Crippen molar-refractivity contribution >= 4 is 11.6 Å². The highest BCUT2D eigenvalue weighted by Crippen LogP contribution is 2.17.